The van der Waals surface area contributed by atoms with Gasteiger partial charge >= 0.3 is 0 Å². The van der Waals surface area contributed by atoms with Crippen LogP contribution in [0.25, 0.3) is 0 Å². The smallest absolute Gasteiger partial charge is 0.258 e. The van der Waals surface area contributed by atoms with E-state index in [1.807, 2.05) is 60.7 Å². The monoisotopic (exact) mass is 424 g/mol. The number of ether oxygens (including phenoxy) is 1. The molecule has 0 spiro atoms. The summed E-state index contributed by atoms with van der Waals surface area (Å²) in [7, 11) is -3.68. The Morgan fingerprint density at radius 2 is 1.50 bits per heavy atom. The van der Waals surface area contributed by atoms with Gasteiger partial charge in [-0.3, -0.25) is 4.79 Å². The Bertz CT molecular complexity index is 1050. The number of hydrogen-bond acceptors (Lipinski definition) is 4. The zero-order valence-electron chi connectivity index (χ0n) is 16.6. The fourth-order valence-electron chi connectivity index (χ4n) is 2.82. The van der Waals surface area contributed by atoms with Gasteiger partial charge in [0.15, 0.2) is 6.61 Å². The summed E-state index contributed by atoms with van der Waals surface area (Å²) in [5, 5.41) is 2.77. The molecule has 1 unspecified atom stereocenters. The van der Waals surface area contributed by atoms with Crippen LogP contribution in [0, 0.1) is 0 Å². The molecule has 2 N–H and O–H groups in total. The van der Waals surface area contributed by atoms with Crippen molar-refractivity contribution in [3.8, 4) is 5.75 Å². The van der Waals surface area contributed by atoms with Gasteiger partial charge in [-0.2, -0.15) is 0 Å². The second kappa shape index (κ2) is 10.0. The maximum absolute atomic E-state index is 12.6. The van der Waals surface area contributed by atoms with E-state index < -0.39 is 10.0 Å². The predicted molar refractivity (Wildman–Crippen MR) is 115 cm³/mol. The Morgan fingerprint density at radius 1 is 0.900 bits per heavy atom. The first-order valence-corrected chi connectivity index (χ1v) is 11.0. The summed E-state index contributed by atoms with van der Waals surface area (Å²) in [6.45, 7) is 2.06. The van der Waals surface area contributed by atoms with Crippen LogP contribution in [0.2, 0.25) is 0 Å². The van der Waals surface area contributed by atoms with Gasteiger partial charge in [0, 0.05) is 12.6 Å². The van der Waals surface area contributed by atoms with Gasteiger partial charge in [-0.1, -0.05) is 60.7 Å². The highest BCUT2D eigenvalue weighted by Gasteiger charge is 2.18. The number of benzene rings is 3. The highest BCUT2D eigenvalue weighted by Crippen LogP contribution is 2.19. The van der Waals surface area contributed by atoms with Crippen LogP contribution in [0.15, 0.2) is 89.8 Å². The van der Waals surface area contributed by atoms with Crippen LogP contribution in [0.3, 0.4) is 0 Å². The molecule has 0 fully saturated rings. The van der Waals surface area contributed by atoms with Crippen molar-refractivity contribution >= 4 is 15.9 Å². The number of sulfonamides is 1. The Balaban J connectivity index is 1.52. The molecule has 30 heavy (non-hydrogen) atoms. The number of nitrogens with one attached hydrogen (secondary N) is 2. The Morgan fingerprint density at radius 3 is 2.13 bits per heavy atom. The molecule has 0 bridgehead atoms. The van der Waals surface area contributed by atoms with Crippen molar-refractivity contribution in [1.82, 2.24) is 10.0 Å². The summed E-state index contributed by atoms with van der Waals surface area (Å²) in [6, 6.07) is 24.5. The third-order valence-electron chi connectivity index (χ3n) is 4.47. The van der Waals surface area contributed by atoms with Crippen molar-refractivity contribution < 1.29 is 17.9 Å². The average molecular weight is 425 g/mol. The van der Waals surface area contributed by atoms with E-state index in [2.05, 4.69) is 10.0 Å². The molecule has 0 heterocycles. The molecule has 0 aliphatic heterocycles. The predicted octanol–water partition coefficient (Wildman–Crippen LogP) is 3.42. The molecule has 0 saturated heterocycles. The van der Waals surface area contributed by atoms with Gasteiger partial charge in [-0.25, -0.2) is 13.1 Å². The molecule has 0 aliphatic rings. The third kappa shape index (κ3) is 6.17. The minimum Gasteiger partial charge on any atom is -0.484 e. The van der Waals surface area contributed by atoms with E-state index in [0.29, 0.717) is 12.3 Å². The Hall–Kier alpha value is -3.16. The van der Waals surface area contributed by atoms with Crippen LogP contribution in [0.4, 0.5) is 0 Å². The number of hydrogen-bond donors (Lipinski definition) is 2. The first-order valence-electron chi connectivity index (χ1n) is 9.55. The lowest BCUT2D eigenvalue weighted by molar-refractivity contribution is -0.123. The molecule has 0 radical (unpaired) electrons. The van der Waals surface area contributed by atoms with Crippen LogP contribution in [0.1, 0.15) is 24.1 Å². The van der Waals surface area contributed by atoms with Gasteiger partial charge < -0.3 is 10.1 Å². The molecule has 0 saturated carbocycles. The SMILES string of the molecule is CC(NS(=O)(=O)c1ccc(OCC(=O)NCc2ccccc2)cc1)c1ccccc1. The molecule has 0 aromatic heterocycles. The minimum absolute atomic E-state index is 0.131. The van der Waals surface area contributed by atoms with Crippen molar-refractivity contribution in [1.29, 1.82) is 0 Å². The number of amides is 1. The van der Waals surface area contributed by atoms with Gasteiger partial charge in [0.1, 0.15) is 5.75 Å². The molecule has 3 rings (SSSR count). The number of carbonyl (C=O) groups excluding carboxylic acids is 1. The lowest BCUT2D eigenvalue weighted by Crippen LogP contribution is -2.28. The van der Waals surface area contributed by atoms with E-state index in [-0.39, 0.29) is 23.5 Å². The fourth-order valence-corrected chi connectivity index (χ4v) is 4.05. The van der Waals surface area contributed by atoms with Crippen molar-refractivity contribution in [2.75, 3.05) is 6.61 Å². The second-order valence-electron chi connectivity index (χ2n) is 6.78. The average Bonchev–Trinajstić information content (AvgIpc) is 2.77. The molecule has 3 aromatic rings. The molecule has 6 nitrogen and oxygen atoms in total. The van der Waals surface area contributed by atoms with E-state index in [0.717, 1.165) is 11.1 Å². The molecular weight excluding hydrogens is 400 g/mol. The summed E-state index contributed by atoms with van der Waals surface area (Å²) in [5.41, 5.74) is 1.88. The van der Waals surface area contributed by atoms with Gasteiger partial charge in [0.25, 0.3) is 5.91 Å². The first-order chi connectivity index (χ1) is 14.4. The third-order valence-corrected chi connectivity index (χ3v) is 6.02. The van der Waals surface area contributed by atoms with Crippen LogP contribution < -0.4 is 14.8 Å². The minimum atomic E-state index is -3.68. The van der Waals surface area contributed by atoms with Crippen molar-refractivity contribution in [3.05, 3.63) is 96.1 Å². The Kier molecular flexibility index (Phi) is 7.21. The molecule has 1 atom stereocenters. The van der Waals surface area contributed by atoms with E-state index in [4.69, 9.17) is 4.74 Å². The van der Waals surface area contributed by atoms with Crippen LogP contribution >= 0.6 is 0 Å². The summed E-state index contributed by atoms with van der Waals surface area (Å²) in [6.07, 6.45) is 0. The molecule has 156 valence electrons. The second-order valence-corrected chi connectivity index (χ2v) is 8.49. The standard InChI is InChI=1S/C23H24N2O4S/c1-18(20-10-6-3-7-11-20)25-30(27,28)22-14-12-21(13-15-22)29-17-23(26)24-16-19-8-4-2-5-9-19/h2-15,18,25H,16-17H2,1H3,(H,24,26). The van der Waals surface area contributed by atoms with E-state index in [1.54, 1.807) is 6.92 Å². The topological polar surface area (TPSA) is 84.5 Å². The number of carbonyl (C=O) groups is 1. The quantitative estimate of drug-likeness (QED) is 0.551. The van der Waals surface area contributed by atoms with Gasteiger partial charge in [-0.15, -0.1) is 0 Å². The summed E-state index contributed by atoms with van der Waals surface area (Å²) in [5.74, 6) is 0.161. The van der Waals surface area contributed by atoms with Crippen LogP contribution in [-0.4, -0.2) is 20.9 Å². The van der Waals surface area contributed by atoms with Gasteiger partial charge in [0.05, 0.1) is 4.90 Å². The zero-order valence-corrected chi connectivity index (χ0v) is 17.4. The molecular formula is C23H24N2O4S. The fraction of sp³-hybridized carbons (Fsp3) is 0.174. The lowest BCUT2D eigenvalue weighted by atomic mass is 10.1. The van der Waals surface area contributed by atoms with Crippen LogP contribution in [-0.2, 0) is 21.4 Å². The van der Waals surface area contributed by atoms with Crippen molar-refractivity contribution in [2.45, 2.75) is 24.4 Å². The van der Waals surface area contributed by atoms with Crippen molar-refractivity contribution in [3.63, 3.8) is 0 Å². The van der Waals surface area contributed by atoms with E-state index >= 15 is 0 Å². The maximum Gasteiger partial charge on any atom is 0.258 e. The maximum atomic E-state index is 12.6. The molecule has 0 aliphatic carbocycles. The lowest BCUT2D eigenvalue weighted by Gasteiger charge is -2.15. The van der Waals surface area contributed by atoms with Crippen LogP contribution in [0.5, 0.6) is 5.75 Å². The van der Waals surface area contributed by atoms with Gasteiger partial charge in [0.2, 0.25) is 10.0 Å². The van der Waals surface area contributed by atoms with E-state index in [1.165, 1.54) is 24.3 Å². The van der Waals surface area contributed by atoms with E-state index in [9.17, 15) is 13.2 Å². The first kappa shape index (κ1) is 21.5. The highest BCUT2D eigenvalue weighted by molar-refractivity contribution is 7.89. The normalized spacial score (nSPS) is 12.2. The number of rotatable bonds is 9. The summed E-state index contributed by atoms with van der Waals surface area (Å²) >= 11 is 0. The molecule has 3 aromatic carbocycles. The largest absolute Gasteiger partial charge is 0.484 e. The summed E-state index contributed by atoms with van der Waals surface area (Å²) in [4.78, 5) is 12.1. The zero-order chi connectivity index (χ0) is 21.4. The Labute approximate surface area is 177 Å². The van der Waals surface area contributed by atoms with Gasteiger partial charge in [-0.05, 0) is 42.3 Å². The molecule has 7 heteroatoms. The summed E-state index contributed by atoms with van der Waals surface area (Å²) < 4.78 is 33.3. The molecule has 1 amide bonds. The van der Waals surface area contributed by atoms with Crippen molar-refractivity contribution in [2.24, 2.45) is 0 Å². The highest BCUT2D eigenvalue weighted by atomic mass is 32.2.